The molecule has 2 aliphatic rings. The molecule has 3 unspecified atom stereocenters. The van der Waals surface area contributed by atoms with Gasteiger partial charge in [-0.3, -0.25) is 4.90 Å². The lowest BCUT2D eigenvalue weighted by Crippen LogP contribution is -2.36. The number of aliphatic hydroxyl groups is 1. The second-order valence-electron chi connectivity index (χ2n) is 5.69. The molecule has 3 atom stereocenters. The van der Waals surface area contributed by atoms with Crippen molar-refractivity contribution in [3.8, 4) is 0 Å². The van der Waals surface area contributed by atoms with E-state index < -0.39 is 0 Å². The maximum absolute atomic E-state index is 10.3. The third kappa shape index (κ3) is 3.37. The van der Waals surface area contributed by atoms with Crippen LogP contribution in [0.5, 0.6) is 0 Å². The van der Waals surface area contributed by atoms with Gasteiger partial charge in [-0.25, -0.2) is 0 Å². The summed E-state index contributed by atoms with van der Waals surface area (Å²) in [5, 5.41) is 12.3. The normalized spacial score (nSPS) is 29.9. The van der Waals surface area contributed by atoms with Crippen molar-refractivity contribution in [1.29, 1.82) is 0 Å². The van der Waals surface area contributed by atoms with Crippen LogP contribution in [0.15, 0.2) is 17.5 Å². The predicted octanol–water partition coefficient (Wildman–Crippen LogP) is 2.82. The van der Waals surface area contributed by atoms with Crippen LogP contribution in [0.25, 0.3) is 0 Å². The van der Waals surface area contributed by atoms with E-state index in [9.17, 15) is 5.11 Å². The standard InChI is InChI=1S/C15H23NO2S/c17-14(15-6-3-9-19-15)10-12-4-1-7-16(12)11-13-5-2-8-18-13/h3,6,9,12-14,17H,1-2,4-5,7-8,10-11H2. The number of rotatable bonds is 5. The van der Waals surface area contributed by atoms with Gasteiger partial charge in [-0.05, 0) is 50.1 Å². The Morgan fingerprint density at radius 1 is 1.42 bits per heavy atom. The minimum Gasteiger partial charge on any atom is -0.388 e. The Balaban J connectivity index is 1.53. The monoisotopic (exact) mass is 281 g/mol. The summed E-state index contributed by atoms with van der Waals surface area (Å²) in [6.45, 7) is 3.16. The van der Waals surface area contributed by atoms with Crippen LogP contribution in [-0.2, 0) is 4.74 Å². The maximum atomic E-state index is 10.3. The van der Waals surface area contributed by atoms with Crippen LogP contribution in [0.2, 0.25) is 0 Å². The molecule has 3 rings (SSSR count). The minimum atomic E-state index is -0.296. The van der Waals surface area contributed by atoms with Gasteiger partial charge in [0.05, 0.1) is 12.2 Å². The van der Waals surface area contributed by atoms with Gasteiger partial charge in [0.1, 0.15) is 0 Å². The van der Waals surface area contributed by atoms with Crippen molar-refractivity contribution in [2.75, 3.05) is 19.7 Å². The fraction of sp³-hybridized carbons (Fsp3) is 0.733. The summed E-state index contributed by atoms with van der Waals surface area (Å²) in [4.78, 5) is 3.64. The molecule has 2 saturated heterocycles. The van der Waals surface area contributed by atoms with E-state index in [1.165, 1.54) is 32.2 Å². The molecule has 0 aliphatic carbocycles. The Hall–Kier alpha value is -0.420. The first-order valence-electron chi connectivity index (χ1n) is 7.40. The number of ether oxygens (including phenoxy) is 1. The molecule has 2 fully saturated rings. The van der Waals surface area contributed by atoms with Crippen LogP contribution < -0.4 is 0 Å². The minimum absolute atomic E-state index is 0.296. The summed E-state index contributed by atoms with van der Waals surface area (Å²) >= 11 is 1.66. The van der Waals surface area contributed by atoms with Crippen molar-refractivity contribution in [2.24, 2.45) is 0 Å². The van der Waals surface area contributed by atoms with E-state index in [2.05, 4.69) is 4.90 Å². The van der Waals surface area contributed by atoms with Crippen LogP contribution in [0.4, 0.5) is 0 Å². The molecule has 3 heterocycles. The van der Waals surface area contributed by atoms with Gasteiger partial charge < -0.3 is 9.84 Å². The fourth-order valence-electron chi connectivity index (χ4n) is 3.31. The molecule has 1 N–H and O–H groups in total. The average molecular weight is 281 g/mol. The van der Waals surface area contributed by atoms with Gasteiger partial charge in [0.2, 0.25) is 0 Å². The first-order valence-corrected chi connectivity index (χ1v) is 8.28. The van der Waals surface area contributed by atoms with Gasteiger partial charge in [-0.2, -0.15) is 0 Å². The lowest BCUT2D eigenvalue weighted by molar-refractivity contribution is 0.0562. The molecule has 0 spiro atoms. The summed E-state index contributed by atoms with van der Waals surface area (Å²) in [5.74, 6) is 0. The number of likely N-dealkylation sites (tertiary alicyclic amines) is 1. The van der Waals surface area contributed by atoms with Crippen molar-refractivity contribution in [3.05, 3.63) is 22.4 Å². The highest BCUT2D eigenvalue weighted by molar-refractivity contribution is 7.10. The predicted molar refractivity (Wildman–Crippen MR) is 77.5 cm³/mol. The maximum Gasteiger partial charge on any atom is 0.0896 e. The molecule has 0 saturated carbocycles. The van der Waals surface area contributed by atoms with E-state index in [0.29, 0.717) is 12.1 Å². The Kier molecular flexibility index (Phi) is 4.53. The molecule has 0 aromatic carbocycles. The molecule has 0 bridgehead atoms. The van der Waals surface area contributed by atoms with Gasteiger partial charge in [-0.15, -0.1) is 11.3 Å². The lowest BCUT2D eigenvalue weighted by atomic mass is 10.1. The van der Waals surface area contributed by atoms with E-state index in [1.807, 2.05) is 17.5 Å². The van der Waals surface area contributed by atoms with E-state index in [4.69, 9.17) is 4.74 Å². The zero-order valence-corrected chi connectivity index (χ0v) is 12.1. The van der Waals surface area contributed by atoms with E-state index in [1.54, 1.807) is 11.3 Å². The number of hydrogen-bond acceptors (Lipinski definition) is 4. The number of hydrogen-bond donors (Lipinski definition) is 1. The summed E-state index contributed by atoms with van der Waals surface area (Å²) < 4.78 is 5.74. The number of nitrogens with zero attached hydrogens (tertiary/aromatic N) is 1. The van der Waals surface area contributed by atoms with Crippen molar-refractivity contribution in [3.63, 3.8) is 0 Å². The highest BCUT2D eigenvalue weighted by Crippen LogP contribution is 2.30. The summed E-state index contributed by atoms with van der Waals surface area (Å²) in [6, 6.07) is 4.58. The highest BCUT2D eigenvalue weighted by atomic mass is 32.1. The van der Waals surface area contributed by atoms with Gasteiger partial charge in [0, 0.05) is 24.1 Å². The molecule has 2 aliphatic heterocycles. The van der Waals surface area contributed by atoms with Crippen LogP contribution >= 0.6 is 11.3 Å². The van der Waals surface area contributed by atoms with Crippen LogP contribution in [0.1, 0.15) is 43.1 Å². The average Bonchev–Trinajstić information content (AvgIpc) is 3.12. The summed E-state index contributed by atoms with van der Waals surface area (Å²) in [6.07, 6.45) is 5.89. The number of aliphatic hydroxyl groups excluding tert-OH is 1. The molecule has 0 radical (unpaired) electrons. The van der Waals surface area contributed by atoms with Crippen LogP contribution in [0, 0.1) is 0 Å². The summed E-state index contributed by atoms with van der Waals surface area (Å²) in [7, 11) is 0. The van der Waals surface area contributed by atoms with E-state index >= 15 is 0 Å². The smallest absolute Gasteiger partial charge is 0.0896 e. The van der Waals surface area contributed by atoms with Gasteiger partial charge >= 0.3 is 0 Å². The third-order valence-electron chi connectivity index (χ3n) is 4.33. The number of thiophene rings is 1. The SMILES string of the molecule is OC(CC1CCCN1CC1CCCO1)c1cccs1. The van der Waals surface area contributed by atoms with Crippen LogP contribution in [-0.4, -0.2) is 41.8 Å². The van der Waals surface area contributed by atoms with Gasteiger partial charge in [0.15, 0.2) is 0 Å². The first kappa shape index (κ1) is 13.6. The highest BCUT2D eigenvalue weighted by Gasteiger charge is 2.30. The van der Waals surface area contributed by atoms with E-state index in [-0.39, 0.29) is 6.10 Å². The molecular weight excluding hydrogens is 258 g/mol. The molecular formula is C15H23NO2S. The Morgan fingerprint density at radius 3 is 3.11 bits per heavy atom. The Labute approximate surface area is 119 Å². The molecule has 4 heteroatoms. The molecule has 0 amide bonds. The van der Waals surface area contributed by atoms with Crippen LogP contribution in [0.3, 0.4) is 0 Å². The molecule has 1 aromatic heterocycles. The van der Waals surface area contributed by atoms with Crippen molar-refractivity contribution in [2.45, 2.75) is 50.4 Å². The Morgan fingerprint density at radius 2 is 2.37 bits per heavy atom. The van der Waals surface area contributed by atoms with Gasteiger partial charge in [0.25, 0.3) is 0 Å². The van der Waals surface area contributed by atoms with Crippen molar-refractivity contribution < 1.29 is 9.84 Å². The largest absolute Gasteiger partial charge is 0.388 e. The van der Waals surface area contributed by atoms with Gasteiger partial charge in [-0.1, -0.05) is 6.07 Å². The Bertz CT molecular complexity index is 376. The quantitative estimate of drug-likeness (QED) is 0.901. The second-order valence-corrected chi connectivity index (χ2v) is 6.67. The van der Waals surface area contributed by atoms with Crippen molar-refractivity contribution >= 4 is 11.3 Å². The third-order valence-corrected chi connectivity index (χ3v) is 5.30. The topological polar surface area (TPSA) is 32.7 Å². The second kappa shape index (κ2) is 6.35. The zero-order valence-electron chi connectivity index (χ0n) is 11.3. The molecule has 1 aromatic rings. The summed E-state index contributed by atoms with van der Waals surface area (Å²) in [5.41, 5.74) is 0. The van der Waals surface area contributed by atoms with E-state index in [0.717, 1.165) is 24.4 Å². The molecule has 3 nitrogen and oxygen atoms in total. The molecule has 19 heavy (non-hydrogen) atoms. The first-order chi connectivity index (χ1) is 9.33. The van der Waals surface area contributed by atoms with Crippen molar-refractivity contribution in [1.82, 2.24) is 4.90 Å². The zero-order chi connectivity index (χ0) is 13.1. The molecule has 106 valence electrons. The lowest BCUT2D eigenvalue weighted by Gasteiger charge is -2.28. The fourth-order valence-corrected chi connectivity index (χ4v) is 4.03.